The Hall–Kier alpha value is -2.15. The molecule has 2 aromatic rings. The van der Waals surface area contributed by atoms with Crippen molar-refractivity contribution in [2.24, 2.45) is 0 Å². The molecule has 3 N–H and O–H groups in total. The molecule has 0 bridgehead atoms. The lowest BCUT2D eigenvalue weighted by Crippen LogP contribution is -2.08. The van der Waals surface area contributed by atoms with E-state index >= 15 is 0 Å². The first kappa shape index (κ1) is 13.3. The third kappa shape index (κ3) is 2.82. The summed E-state index contributed by atoms with van der Waals surface area (Å²) < 4.78 is 4.71. The van der Waals surface area contributed by atoms with Gasteiger partial charge in [-0.25, -0.2) is 14.8 Å². The van der Waals surface area contributed by atoms with Crippen molar-refractivity contribution in [3.05, 3.63) is 28.4 Å². The van der Waals surface area contributed by atoms with Crippen LogP contribution in [-0.2, 0) is 4.74 Å². The van der Waals surface area contributed by atoms with Crippen LogP contribution in [-0.4, -0.2) is 23.0 Å². The van der Waals surface area contributed by atoms with Gasteiger partial charge in [-0.1, -0.05) is 0 Å². The summed E-state index contributed by atoms with van der Waals surface area (Å²) in [4.78, 5) is 21.2. The van der Waals surface area contributed by atoms with E-state index in [9.17, 15) is 4.79 Å². The predicted octanol–water partition coefficient (Wildman–Crippen LogP) is 2.27. The van der Waals surface area contributed by atoms with E-state index in [1.807, 2.05) is 13.8 Å². The third-order valence-corrected chi connectivity index (χ3v) is 3.56. The van der Waals surface area contributed by atoms with Crippen LogP contribution in [0.25, 0.3) is 0 Å². The Bertz CT molecular complexity index is 605. The summed E-state index contributed by atoms with van der Waals surface area (Å²) in [7, 11) is 1.31. The van der Waals surface area contributed by atoms with E-state index in [1.165, 1.54) is 30.7 Å². The molecule has 0 aliphatic carbocycles. The summed E-state index contributed by atoms with van der Waals surface area (Å²) in [6.45, 7) is 3.91. The highest BCUT2D eigenvalue weighted by atomic mass is 32.1. The largest absolute Gasteiger partial charge is 0.465 e. The van der Waals surface area contributed by atoms with Crippen molar-refractivity contribution in [3.63, 3.8) is 0 Å². The number of aryl methyl sites for hydroxylation is 2. The maximum atomic E-state index is 11.7. The second kappa shape index (κ2) is 5.23. The fourth-order valence-electron chi connectivity index (χ4n) is 1.47. The number of hydrogen-bond acceptors (Lipinski definition) is 7. The van der Waals surface area contributed by atoms with Gasteiger partial charge in [-0.2, -0.15) is 0 Å². The Morgan fingerprint density at radius 1 is 1.47 bits per heavy atom. The van der Waals surface area contributed by atoms with E-state index in [0.717, 1.165) is 10.6 Å². The number of nitrogens with two attached hydrogens (primary N) is 1. The van der Waals surface area contributed by atoms with Crippen LogP contribution in [0.4, 0.5) is 16.6 Å². The molecule has 0 radical (unpaired) electrons. The Morgan fingerprint density at radius 3 is 2.79 bits per heavy atom. The van der Waals surface area contributed by atoms with Gasteiger partial charge in [0, 0.05) is 4.88 Å². The van der Waals surface area contributed by atoms with Gasteiger partial charge in [0.05, 0.1) is 24.7 Å². The fourth-order valence-corrected chi connectivity index (χ4v) is 2.29. The van der Waals surface area contributed by atoms with E-state index in [4.69, 9.17) is 10.5 Å². The molecule has 19 heavy (non-hydrogen) atoms. The number of ether oxygens (including phenoxy) is 1. The van der Waals surface area contributed by atoms with Gasteiger partial charge in [0.25, 0.3) is 0 Å². The molecule has 0 amide bonds. The zero-order valence-electron chi connectivity index (χ0n) is 10.9. The smallest absolute Gasteiger partial charge is 0.341 e. The molecule has 0 atom stereocenters. The molecular formula is C12H14N4O2S. The SMILES string of the molecule is COC(=O)c1cc(N)cnc1Nc1nc(C)c(C)s1. The molecule has 0 fully saturated rings. The normalized spacial score (nSPS) is 10.3. The number of nitrogens with zero attached hydrogens (tertiary/aromatic N) is 2. The number of carbonyl (C=O) groups is 1. The molecule has 2 heterocycles. The van der Waals surface area contributed by atoms with E-state index in [-0.39, 0.29) is 5.56 Å². The van der Waals surface area contributed by atoms with Crippen LogP contribution in [0.5, 0.6) is 0 Å². The number of esters is 1. The molecule has 0 spiro atoms. The van der Waals surface area contributed by atoms with Gasteiger partial charge >= 0.3 is 5.97 Å². The average Bonchev–Trinajstić information content (AvgIpc) is 2.69. The monoisotopic (exact) mass is 278 g/mol. The maximum Gasteiger partial charge on any atom is 0.341 e. The fraction of sp³-hybridized carbons (Fsp3) is 0.250. The molecule has 0 aliphatic heterocycles. The Balaban J connectivity index is 2.36. The topological polar surface area (TPSA) is 90.1 Å². The zero-order chi connectivity index (χ0) is 14.0. The highest BCUT2D eigenvalue weighted by Gasteiger charge is 2.15. The average molecular weight is 278 g/mol. The minimum Gasteiger partial charge on any atom is -0.465 e. The van der Waals surface area contributed by atoms with Crippen LogP contribution in [0.3, 0.4) is 0 Å². The predicted molar refractivity (Wildman–Crippen MR) is 74.9 cm³/mol. The number of nitrogens with one attached hydrogen (secondary N) is 1. The number of carbonyl (C=O) groups excluding carboxylic acids is 1. The Morgan fingerprint density at radius 2 is 2.21 bits per heavy atom. The number of methoxy groups -OCH3 is 1. The summed E-state index contributed by atoms with van der Waals surface area (Å²) in [6, 6.07) is 1.52. The van der Waals surface area contributed by atoms with Gasteiger partial charge in [0.1, 0.15) is 11.4 Å². The van der Waals surface area contributed by atoms with Gasteiger partial charge in [0.2, 0.25) is 0 Å². The first-order chi connectivity index (χ1) is 9.01. The van der Waals surface area contributed by atoms with Crippen molar-refractivity contribution in [2.75, 3.05) is 18.2 Å². The molecule has 0 aromatic carbocycles. The lowest BCUT2D eigenvalue weighted by Gasteiger charge is -2.08. The van der Waals surface area contributed by atoms with E-state index in [0.29, 0.717) is 16.6 Å². The van der Waals surface area contributed by atoms with Crippen LogP contribution >= 0.6 is 11.3 Å². The van der Waals surface area contributed by atoms with Crippen molar-refractivity contribution in [1.82, 2.24) is 9.97 Å². The van der Waals surface area contributed by atoms with Crippen LogP contribution in [0.15, 0.2) is 12.3 Å². The molecule has 0 unspecified atom stereocenters. The second-order valence-corrected chi connectivity index (χ2v) is 5.15. The summed E-state index contributed by atoms with van der Waals surface area (Å²) in [5, 5.41) is 3.69. The molecule has 0 saturated heterocycles. The first-order valence-corrected chi connectivity index (χ1v) is 6.37. The number of nitrogen functional groups attached to an aromatic ring is 1. The summed E-state index contributed by atoms with van der Waals surface area (Å²) in [5.41, 5.74) is 7.26. The van der Waals surface area contributed by atoms with Crippen LogP contribution in [0.2, 0.25) is 0 Å². The van der Waals surface area contributed by atoms with E-state index in [2.05, 4.69) is 15.3 Å². The standard InChI is InChI=1S/C12H14N4O2S/c1-6-7(2)19-12(15-6)16-10-9(11(17)18-3)4-8(13)5-14-10/h4-5H,13H2,1-3H3,(H,14,15,16). The highest BCUT2D eigenvalue weighted by molar-refractivity contribution is 7.15. The number of anilines is 3. The van der Waals surface area contributed by atoms with Crippen molar-refractivity contribution in [2.45, 2.75) is 13.8 Å². The number of hydrogen-bond donors (Lipinski definition) is 2. The maximum absolute atomic E-state index is 11.7. The van der Waals surface area contributed by atoms with Gasteiger partial charge in [-0.05, 0) is 19.9 Å². The Kier molecular flexibility index (Phi) is 3.66. The van der Waals surface area contributed by atoms with Crippen molar-refractivity contribution in [3.8, 4) is 0 Å². The number of thiazole rings is 1. The first-order valence-electron chi connectivity index (χ1n) is 5.56. The van der Waals surface area contributed by atoms with E-state index < -0.39 is 5.97 Å². The molecule has 2 aromatic heterocycles. The van der Waals surface area contributed by atoms with E-state index in [1.54, 1.807) is 0 Å². The molecule has 6 nitrogen and oxygen atoms in total. The minimum atomic E-state index is -0.493. The third-order valence-electron chi connectivity index (χ3n) is 2.57. The zero-order valence-corrected chi connectivity index (χ0v) is 11.7. The number of pyridine rings is 1. The second-order valence-electron chi connectivity index (χ2n) is 3.94. The van der Waals surface area contributed by atoms with Crippen molar-refractivity contribution >= 4 is 33.9 Å². The van der Waals surface area contributed by atoms with Gasteiger partial charge in [-0.15, -0.1) is 11.3 Å². The summed E-state index contributed by atoms with van der Waals surface area (Å²) in [5.74, 6) is -0.109. The molecule has 2 rings (SSSR count). The lowest BCUT2D eigenvalue weighted by atomic mass is 10.2. The molecule has 7 heteroatoms. The quantitative estimate of drug-likeness (QED) is 0.837. The molecule has 100 valence electrons. The summed E-state index contributed by atoms with van der Waals surface area (Å²) in [6.07, 6.45) is 1.47. The molecular weight excluding hydrogens is 264 g/mol. The molecule has 0 aliphatic rings. The van der Waals surface area contributed by atoms with Gasteiger partial charge < -0.3 is 15.8 Å². The van der Waals surface area contributed by atoms with Gasteiger partial charge in [0.15, 0.2) is 5.13 Å². The minimum absolute atomic E-state index is 0.285. The van der Waals surface area contributed by atoms with Crippen LogP contribution in [0, 0.1) is 13.8 Å². The molecule has 0 saturated carbocycles. The number of aromatic nitrogens is 2. The highest BCUT2D eigenvalue weighted by Crippen LogP contribution is 2.26. The summed E-state index contributed by atoms with van der Waals surface area (Å²) >= 11 is 1.50. The Labute approximate surface area is 114 Å². The van der Waals surface area contributed by atoms with Crippen LogP contribution < -0.4 is 11.1 Å². The van der Waals surface area contributed by atoms with Gasteiger partial charge in [-0.3, -0.25) is 0 Å². The van der Waals surface area contributed by atoms with Crippen LogP contribution in [0.1, 0.15) is 20.9 Å². The lowest BCUT2D eigenvalue weighted by molar-refractivity contribution is 0.0601. The van der Waals surface area contributed by atoms with Crippen molar-refractivity contribution in [1.29, 1.82) is 0 Å². The number of rotatable bonds is 3. The van der Waals surface area contributed by atoms with Crippen molar-refractivity contribution < 1.29 is 9.53 Å².